The fourth-order valence-electron chi connectivity index (χ4n) is 3.54. The Morgan fingerprint density at radius 1 is 1.00 bits per heavy atom. The Hall–Kier alpha value is -4.04. The number of nitrogens with one attached hydrogen (secondary N) is 2. The standard InChI is InChI=1S/C28H28N4O3S/c1-28(2,3)21-12-8-18(9-13-21)25(33)20-6-5-7-22(16-20)30-27(36)29-17-24-31-26(32-35-24)19-10-14-23(34-4)15-11-19/h5-16H,17H2,1-4H3,(H2,29,30,36). The number of nitrogens with zero attached hydrogens (tertiary/aromatic N) is 2. The van der Waals surface area contributed by atoms with Crippen molar-refractivity contribution in [3.8, 4) is 17.1 Å². The van der Waals surface area contributed by atoms with Crippen LogP contribution in [0.25, 0.3) is 11.4 Å². The molecule has 0 saturated carbocycles. The van der Waals surface area contributed by atoms with Gasteiger partial charge < -0.3 is 19.9 Å². The fraction of sp³-hybridized carbons (Fsp3) is 0.214. The molecule has 0 radical (unpaired) electrons. The molecular formula is C28H28N4O3S. The van der Waals surface area contributed by atoms with Crippen molar-refractivity contribution in [2.24, 2.45) is 0 Å². The molecule has 4 rings (SSSR count). The lowest BCUT2D eigenvalue weighted by Crippen LogP contribution is -2.28. The number of methoxy groups -OCH3 is 1. The van der Waals surface area contributed by atoms with Gasteiger partial charge in [-0.1, -0.05) is 62.3 Å². The second-order valence-corrected chi connectivity index (χ2v) is 9.69. The summed E-state index contributed by atoms with van der Waals surface area (Å²) in [5.41, 5.74) is 3.96. The molecule has 1 aromatic heterocycles. The smallest absolute Gasteiger partial charge is 0.246 e. The van der Waals surface area contributed by atoms with Crippen LogP contribution in [0.4, 0.5) is 5.69 Å². The van der Waals surface area contributed by atoms with Gasteiger partial charge in [0, 0.05) is 22.4 Å². The molecule has 0 unspecified atom stereocenters. The Labute approximate surface area is 215 Å². The van der Waals surface area contributed by atoms with Gasteiger partial charge in [-0.15, -0.1) is 0 Å². The number of aromatic nitrogens is 2. The Kier molecular flexibility index (Phi) is 7.45. The minimum absolute atomic E-state index is 0.0343. The normalized spacial score (nSPS) is 11.1. The van der Waals surface area contributed by atoms with Gasteiger partial charge in [-0.3, -0.25) is 4.79 Å². The van der Waals surface area contributed by atoms with Gasteiger partial charge in [0.25, 0.3) is 0 Å². The number of carbonyl (C=O) groups excluding carboxylic acids is 1. The number of hydrogen-bond acceptors (Lipinski definition) is 6. The van der Waals surface area contributed by atoms with E-state index in [1.165, 1.54) is 5.56 Å². The lowest BCUT2D eigenvalue weighted by Gasteiger charge is -2.19. The van der Waals surface area contributed by atoms with Crippen molar-refractivity contribution in [3.05, 3.63) is 95.4 Å². The lowest BCUT2D eigenvalue weighted by molar-refractivity contribution is 0.103. The summed E-state index contributed by atoms with van der Waals surface area (Å²) in [6.07, 6.45) is 0. The van der Waals surface area contributed by atoms with Crippen LogP contribution in [0, 0.1) is 0 Å². The van der Waals surface area contributed by atoms with Crippen LogP contribution in [0.3, 0.4) is 0 Å². The quantitative estimate of drug-likeness (QED) is 0.245. The van der Waals surface area contributed by atoms with E-state index in [1.54, 1.807) is 19.2 Å². The molecule has 0 aliphatic heterocycles. The van der Waals surface area contributed by atoms with Crippen molar-refractivity contribution in [1.82, 2.24) is 15.5 Å². The second-order valence-electron chi connectivity index (χ2n) is 9.29. The summed E-state index contributed by atoms with van der Waals surface area (Å²) in [6, 6.07) is 22.4. The van der Waals surface area contributed by atoms with Crippen LogP contribution in [-0.4, -0.2) is 28.1 Å². The van der Waals surface area contributed by atoms with E-state index in [4.69, 9.17) is 21.5 Å². The summed E-state index contributed by atoms with van der Waals surface area (Å²) < 4.78 is 10.5. The Morgan fingerprint density at radius 3 is 2.39 bits per heavy atom. The highest BCUT2D eigenvalue weighted by molar-refractivity contribution is 7.80. The lowest BCUT2D eigenvalue weighted by atomic mass is 9.86. The summed E-state index contributed by atoms with van der Waals surface area (Å²) in [5, 5.41) is 10.5. The average Bonchev–Trinajstić information content (AvgIpc) is 3.36. The number of ether oxygens (including phenoxy) is 1. The van der Waals surface area contributed by atoms with Gasteiger partial charge in [0.2, 0.25) is 11.7 Å². The first kappa shape index (κ1) is 25.1. The SMILES string of the molecule is COc1ccc(-c2noc(CNC(=S)Nc3cccc(C(=O)c4ccc(C(C)(C)C)cc4)c3)n2)cc1. The zero-order valence-electron chi connectivity index (χ0n) is 20.7. The zero-order chi connectivity index (χ0) is 25.7. The number of carbonyl (C=O) groups is 1. The first-order valence-corrected chi connectivity index (χ1v) is 11.9. The van der Waals surface area contributed by atoms with E-state index >= 15 is 0 Å². The highest BCUT2D eigenvalue weighted by Gasteiger charge is 2.15. The number of anilines is 1. The van der Waals surface area contributed by atoms with Crippen molar-refractivity contribution < 1.29 is 14.1 Å². The van der Waals surface area contributed by atoms with Crippen LogP contribution in [0.1, 0.15) is 48.1 Å². The van der Waals surface area contributed by atoms with E-state index < -0.39 is 0 Å². The molecule has 4 aromatic rings. The van der Waals surface area contributed by atoms with Gasteiger partial charge in [-0.05, 0) is 59.6 Å². The number of ketones is 1. The molecule has 0 aliphatic rings. The molecule has 8 heteroatoms. The molecule has 184 valence electrons. The number of hydrogen-bond donors (Lipinski definition) is 2. The maximum Gasteiger partial charge on any atom is 0.246 e. The average molecular weight is 501 g/mol. The fourth-order valence-corrected chi connectivity index (χ4v) is 3.73. The predicted octanol–water partition coefficient (Wildman–Crippen LogP) is 5.76. The highest BCUT2D eigenvalue weighted by Crippen LogP contribution is 2.23. The van der Waals surface area contributed by atoms with Crippen molar-refractivity contribution >= 4 is 28.8 Å². The topological polar surface area (TPSA) is 89.3 Å². The summed E-state index contributed by atoms with van der Waals surface area (Å²) in [6.45, 7) is 6.70. The van der Waals surface area contributed by atoms with Gasteiger partial charge in [-0.25, -0.2) is 0 Å². The molecule has 0 spiro atoms. The molecule has 7 nitrogen and oxygen atoms in total. The van der Waals surface area contributed by atoms with E-state index in [2.05, 4.69) is 41.5 Å². The summed E-state index contributed by atoms with van der Waals surface area (Å²) in [7, 11) is 1.61. The summed E-state index contributed by atoms with van der Waals surface area (Å²) >= 11 is 5.40. The number of rotatable bonds is 7. The maximum absolute atomic E-state index is 13.0. The molecular weight excluding hydrogens is 472 g/mol. The molecule has 0 fully saturated rings. The molecule has 2 N–H and O–H groups in total. The monoisotopic (exact) mass is 500 g/mol. The Bertz CT molecular complexity index is 1360. The first-order valence-electron chi connectivity index (χ1n) is 11.5. The first-order chi connectivity index (χ1) is 17.2. The van der Waals surface area contributed by atoms with Crippen molar-refractivity contribution in [1.29, 1.82) is 0 Å². The molecule has 0 aliphatic carbocycles. The predicted molar refractivity (Wildman–Crippen MR) is 144 cm³/mol. The van der Waals surface area contributed by atoms with Crippen molar-refractivity contribution in [3.63, 3.8) is 0 Å². The Morgan fingerprint density at radius 2 is 1.72 bits per heavy atom. The van der Waals surface area contributed by atoms with Crippen LogP contribution in [0.5, 0.6) is 5.75 Å². The van der Waals surface area contributed by atoms with Gasteiger partial charge in [-0.2, -0.15) is 4.98 Å². The third-order valence-electron chi connectivity index (χ3n) is 5.61. The third kappa shape index (κ3) is 6.14. The molecule has 0 amide bonds. The summed E-state index contributed by atoms with van der Waals surface area (Å²) in [5.74, 6) is 1.59. The minimum atomic E-state index is -0.0464. The van der Waals surface area contributed by atoms with E-state index in [0.717, 1.165) is 11.3 Å². The van der Waals surface area contributed by atoms with E-state index in [1.807, 2.05) is 60.7 Å². The zero-order valence-corrected chi connectivity index (χ0v) is 21.5. The maximum atomic E-state index is 13.0. The second kappa shape index (κ2) is 10.7. The Balaban J connectivity index is 1.35. The van der Waals surface area contributed by atoms with Crippen LogP contribution in [-0.2, 0) is 12.0 Å². The van der Waals surface area contributed by atoms with Crippen molar-refractivity contribution in [2.75, 3.05) is 12.4 Å². The summed E-state index contributed by atoms with van der Waals surface area (Å²) in [4.78, 5) is 17.4. The molecule has 1 heterocycles. The molecule has 0 saturated heterocycles. The van der Waals surface area contributed by atoms with Crippen LogP contribution < -0.4 is 15.4 Å². The van der Waals surface area contributed by atoms with E-state index in [-0.39, 0.29) is 17.7 Å². The van der Waals surface area contributed by atoms with Gasteiger partial charge in [0.05, 0.1) is 13.7 Å². The molecule has 0 bridgehead atoms. The molecule has 0 atom stereocenters. The highest BCUT2D eigenvalue weighted by atomic mass is 32.1. The molecule has 36 heavy (non-hydrogen) atoms. The van der Waals surface area contributed by atoms with Gasteiger partial charge in [0.15, 0.2) is 10.9 Å². The van der Waals surface area contributed by atoms with E-state index in [0.29, 0.717) is 33.6 Å². The van der Waals surface area contributed by atoms with Gasteiger partial charge in [0.1, 0.15) is 5.75 Å². The van der Waals surface area contributed by atoms with Gasteiger partial charge >= 0.3 is 0 Å². The number of thiocarbonyl (C=S) groups is 1. The third-order valence-corrected chi connectivity index (χ3v) is 5.86. The van der Waals surface area contributed by atoms with Crippen LogP contribution >= 0.6 is 12.2 Å². The number of benzene rings is 3. The minimum Gasteiger partial charge on any atom is -0.497 e. The van der Waals surface area contributed by atoms with Crippen LogP contribution in [0.2, 0.25) is 0 Å². The largest absolute Gasteiger partial charge is 0.497 e. The van der Waals surface area contributed by atoms with E-state index in [9.17, 15) is 4.79 Å². The van der Waals surface area contributed by atoms with Crippen LogP contribution in [0.15, 0.2) is 77.3 Å². The molecule has 3 aromatic carbocycles. The van der Waals surface area contributed by atoms with Crippen molar-refractivity contribution in [2.45, 2.75) is 32.7 Å².